The van der Waals surface area contributed by atoms with Crippen LogP contribution in [0.1, 0.15) is 26.7 Å². The molecular weight excluding hydrogens is 248 g/mol. The Morgan fingerprint density at radius 2 is 1.95 bits per heavy atom. The summed E-state index contributed by atoms with van der Waals surface area (Å²) in [5.74, 6) is -0.809. The number of carboxylic acids is 1. The monoisotopic (exact) mass is 272 g/mol. The molecule has 1 N–H and O–H groups in total. The molecule has 0 radical (unpaired) electrons. The summed E-state index contributed by atoms with van der Waals surface area (Å²) < 4.78 is 5.26. The van der Waals surface area contributed by atoms with E-state index in [-0.39, 0.29) is 24.7 Å². The van der Waals surface area contributed by atoms with Gasteiger partial charge in [0, 0.05) is 26.2 Å². The van der Waals surface area contributed by atoms with E-state index >= 15 is 0 Å². The van der Waals surface area contributed by atoms with Crippen molar-refractivity contribution in [3.8, 4) is 0 Å². The third-order valence-corrected chi connectivity index (χ3v) is 3.50. The minimum Gasteiger partial charge on any atom is -0.480 e. The zero-order valence-electron chi connectivity index (χ0n) is 12.0. The molecule has 0 aromatic rings. The van der Waals surface area contributed by atoms with E-state index in [1.807, 2.05) is 20.9 Å². The molecule has 1 rings (SSSR count). The van der Waals surface area contributed by atoms with Crippen LogP contribution in [-0.2, 0) is 14.3 Å². The van der Waals surface area contributed by atoms with E-state index in [0.29, 0.717) is 6.54 Å². The van der Waals surface area contributed by atoms with Crippen LogP contribution in [0.5, 0.6) is 0 Å². The van der Waals surface area contributed by atoms with Gasteiger partial charge >= 0.3 is 5.97 Å². The number of ether oxygens (including phenoxy) is 1. The van der Waals surface area contributed by atoms with E-state index in [4.69, 9.17) is 9.84 Å². The van der Waals surface area contributed by atoms with E-state index in [1.165, 1.54) is 0 Å². The van der Waals surface area contributed by atoms with E-state index in [0.717, 1.165) is 25.9 Å². The fraction of sp³-hybridized carbons (Fsp3) is 0.846. The molecule has 1 aliphatic heterocycles. The Morgan fingerprint density at radius 1 is 1.37 bits per heavy atom. The molecule has 0 unspecified atom stereocenters. The van der Waals surface area contributed by atoms with Gasteiger partial charge in [-0.15, -0.1) is 0 Å². The van der Waals surface area contributed by atoms with Crippen LogP contribution in [0, 0.1) is 0 Å². The number of hydrogen-bond acceptors (Lipinski definition) is 4. The average Bonchev–Trinajstić information content (AvgIpc) is 2.36. The molecule has 0 spiro atoms. The largest absolute Gasteiger partial charge is 0.480 e. The van der Waals surface area contributed by atoms with E-state index in [1.54, 1.807) is 4.90 Å². The van der Waals surface area contributed by atoms with Crippen LogP contribution in [-0.4, -0.2) is 72.2 Å². The molecule has 0 aliphatic carbocycles. The van der Waals surface area contributed by atoms with Crippen LogP contribution in [0.3, 0.4) is 0 Å². The molecule has 0 atom stereocenters. The Labute approximate surface area is 114 Å². The number of rotatable bonds is 6. The predicted molar refractivity (Wildman–Crippen MR) is 71.0 cm³/mol. The normalized spacial score (nSPS) is 17.7. The number of carbonyl (C=O) groups excluding carboxylic acids is 1. The number of carbonyl (C=O) groups is 2. The fourth-order valence-corrected chi connectivity index (χ4v) is 2.01. The molecule has 1 heterocycles. The number of piperidine rings is 1. The predicted octanol–water partition coefficient (Wildman–Crippen LogP) is 0.419. The summed E-state index contributed by atoms with van der Waals surface area (Å²) in [7, 11) is 1.82. The average molecular weight is 272 g/mol. The van der Waals surface area contributed by atoms with Gasteiger partial charge in [-0.05, 0) is 26.7 Å². The molecule has 0 aromatic carbocycles. The maximum atomic E-state index is 11.9. The highest BCUT2D eigenvalue weighted by atomic mass is 16.5. The van der Waals surface area contributed by atoms with Crippen LogP contribution in [0.25, 0.3) is 0 Å². The van der Waals surface area contributed by atoms with Crippen LogP contribution in [0.15, 0.2) is 0 Å². The lowest BCUT2D eigenvalue weighted by Gasteiger charge is -2.32. The molecule has 1 fully saturated rings. The highest BCUT2D eigenvalue weighted by Crippen LogP contribution is 2.13. The number of amides is 1. The van der Waals surface area contributed by atoms with Gasteiger partial charge in [-0.25, -0.2) is 4.79 Å². The van der Waals surface area contributed by atoms with Crippen molar-refractivity contribution in [2.45, 2.75) is 38.8 Å². The smallest absolute Gasteiger partial charge is 0.329 e. The highest BCUT2D eigenvalue weighted by Gasteiger charge is 2.23. The zero-order valence-corrected chi connectivity index (χ0v) is 12.0. The summed E-state index contributed by atoms with van der Waals surface area (Å²) in [4.78, 5) is 26.2. The van der Waals surface area contributed by atoms with Gasteiger partial charge in [0.2, 0.25) is 5.91 Å². The number of nitrogens with zero attached hydrogens (tertiary/aromatic N) is 2. The lowest BCUT2D eigenvalue weighted by molar-refractivity contribution is -0.145. The quantitative estimate of drug-likeness (QED) is 0.759. The molecule has 1 amide bonds. The highest BCUT2D eigenvalue weighted by molar-refractivity contribution is 5.78. The molecule has 1 saturated heterocycles. The molecule has 0 aromatic heterocycles. The number of carboxylic acid groups (broad SMARTS) is 1. The maximum Gasteiger partial charge on any atom is 0.329 e. The van der Waals surface area contributed by atoms with Crippen molar-refractivity contribution >= 4 is 11.9 Å². The first kappa shape index (κ1) is 15.9. The Kier molecular flexibility index (Phi) is 6.24. The number of likely N-dealkylation sites (tertiary alicyclic amines) is 1. The summed E-state index contributed by atoms with van der Waals surface area (Å²) in [6.07, 6.45) is 1.57. The van der Waals surface area contributed by atoms with Crippen molar-refractivity contribution in [3.63, 3.8) is 0 Å². The SMILES string of the molecule is CC(C)N(C)C(=O)CN1CCC(OCC(=O)O)CC1. The van der Waals surface area contributed by atoms with Gasteiger partial charge in [-0.2, -0.15) is 0 Å². The summed E-state index contributed by atoms with van der Waals surface area (Å²) in [5.41, 5.74) is 0. The Balaban J connectivity index is 2.26. The van der Waals surface area contributed by atoms with Gasteiger partial charge in [0.25, 0.3) is 0 Å². The summed E-state index contributed by atoms with van der Waals surface area (Å²) in [6.45, 7) is 5.73. The minimum atomic E-state index is -0.934. The Hall–Kier alpha value is -1.14. The molecule has 0 saturated carbocycles. The van der Waals surface area contributed by atoms with E-state index in [9.17, 15) is 9.59 Å². The lowest BCUT2D eigenvalue weighted by atomic mass is 10.1. The third-order valence-electron chi connectivity index (χ3n) is 3.50. The zero-order chi connectivity index (χ0) is 14.4. The Bertz CT molecular complexity index is 312. The van der Waals surface area contributed by atoms with Gasteiger partial charge in [-0.1, -0.05) is 0 Å². The van der Waals surface area contributed by atoms with Gasteiger partial charge in [-0.3, -0.25) is 9.69 Å². The van der Waals surface area contributed by atoms with Gasteiger partial charge in [0.05, 0.1) is 12.6 Å². The van der Waals surface area contributed by atoms with E-state index in [2.05, 4.69) is 4.90 Å². The van der Waals surface area contributed by atoms with Crippen LogP contribution < -0.4 is 0 Å². The molecule has 19 heavy (non-hydrogen) atoms. The summed E-state index contributed by atoms with van der Waals surface area (Å²) >= 11 is 0. The van der Waals surface area contributed by atoms with Crippen LogP contribution >= 0.6 is 0 Å². The van der Waals surface area contributed by atoms with Gasteiger partial charge < -0.3 is 14.7 Å². The lowest BCUT2D eigenvalue weighted by Crippen LogP contribution is -2.45. The second kappa shape index (κ2) is 7.45. The first-order chi connectivity index (χ1) is 8.90. The molecule has 6 nitrogen and oxygen atoms in total. The van der Waals surface area contributed by atoms with Crippen molar-refractivity contribution in [2.75, 3.05) is 33.3 Å². The Morgan fingerprint density at radius 3 is 2.42 bits per heavy atom. The first-order valence-corrected chi connectivity index (χ1v) is 6.71. The second-order valence-electron chi connectivity index (χ2n) is 5.28. The standard InChI is InChI=1S/C13H24N2O4/c1-10(2)14(3)12(16)8-15-6-4-11(5-7-15)19-9-13(17)18/h10-11H,4-9H2,1-3H3,(H,17,18). The molecule has 0 bridgehead atoms. The van der Waals surface area contributed by atoms with Crippen molar-refractivity contribution < 1.29 is 19.4 Å². The second-order valence-corrected chi connectivity index (χ2v) is 5.28. The first-order valence-electron chi connectivity index (χ1n) is 6.71. The van der Waals surface area contributed by atoms with Crippen molar-refractivity contribution in [1.82, 2.24) is 9.80 Å². The van der Waals surface area contributed by atoms with Crippen molar-refractivity contribution in [2.24, 2.45) is 0 Å². The van der Waals surface area contributed by atoms with E-state index < -0.39 is 5.97 Å². The molecular formula is C13H24N2O4. The third kappa shape index (κ3) is 5.57. The summed E-state index contributed by atoms with van der Waals surface area (Å²) in [5, 5.41) is 8.54. The van der Waals surface area contributed by atoms with Crippen LogP contribution in [0.2, 0.25) is 0 Å². The number of aliphatic carboxylic acids is 1. The minimum absolute atomic E-state index is 0.00489. The van der Waals surface area contributed by atoms with Crippen molar-refractivity contribution in [3.05, 3.63) is 0 Å². The number of likely N-dealkylation sites (N-methyl/N-ethyl adjacent to an activating group) is 1. The maximum absolute atomic E-state index is 11.9. The topological polar surface area (TPSA) is 70.1 Å². The molecule has 6 heteroatoms. The molecule has 110 valence electrons. The van der Waals surface area contributed by atoms with Gasteiger partial charge in [0.1, 0.15) is 6.61 Å². The summed E-state index contributed by atoms with van der Waals surface area (Å²) in [6, 6.07) is 0.212. The molecule has 1 aliphatic rings. The van der Waals surface area contributed by atoms with Crippen LogP contribution in [0.4, 0.5) is 0 Å². The van der Waals surface area contributed by atoms with Gasteiger partial charge in [0.15, 0.2) is 0 Å². The van der Waals surface area contributed by atoms with Crippen molar-refractivity contribution in [1.29, 1.82) is 0 Å². The fourth-order valence-electron chi connectivity index (χ4n) is 2.01. The number of hydrogen-bond donors (Lipinski definition) is 1.